The highest BCUT2D eigenvalue weighted by atomic mass is 32.2. The molecule has 30 heavy (non-hydrogen) atoms. The summed E-state index contributed by atoms with van der Waals surface area (Å²) in [5.74, 6) is 1.38. The van der Waals surface area contributed by atoms with Crippen molar-refractivity contribution in [1.29, 1.82) is 0 Å². The van der Waals surface area contributed by atoms with Gasteiger partial charge in [-0.25, -0.2) is 4.68 Å². The van der Waals surface area contributed by atoms with E-state index in [1.165, 1.54) is 12.8 Å². The molecular weight excluding hydrogens is 424 g/mol. The molecule has 0 spiro atoms. The van der Waals surface area contributed by atoms with Crippen molar-refractivity contribution in [2.75, 3.05) is 39.3 Å². The number of nitrogens with zero attached hydrogens (tertiary/aromatic N) is 6. The second-order valence-electron chi connectivity index (χ2n) is 9.14. The molecule has 9 nitrogen and oxygen atoms in total. The van der Waals surface area contributed by atoms with Crippen LogP contribution in [0, 0.1) is 4.77 Å². The Morgan fingerprint density at radius 2 is 1.67 bits per heavy atom. The van der Waals surface area contributed by atoms with Gasteiger partial charge in [0.1, 0.15) is 5.82 Å². The van der Waals surface area contributed by atoms with Crippen LogP contribution >= 0.6 is 12.2 Å². The molecule has 11 heteroatoms. The van der Waals surface area contributed by atoms with Crippen molar-refractivity contribution in [1.82, 2.24) is 27.9 Å². The minimum atomic E-state index is -3.46. The Labute approximate surface area is 184 Å². The number of hydrogen-bond acceptors (Lipinski definition) is 6. The number of morpholine rings is 1. The zero-order chi connectivity index (χ0) is 21.6. The van der Waals surface area contributed by atoms with Crippen LogP contribution in [-0.4, -0.2) is 87.8 Å². The van der Waals surface area contributed by atoms with Crippen LogP contribution in [0.15, 0.2) is 0 Å². The van der Waals surface area contributed by atoms with Crippen LogP contribution in [0.2, 0.25) is 0 Å². The van der Waals surface area contributed by atoms with Gasteiger partial charge in [0.15, 0.2) is 4.77 Å². The smallest absolute Gasteiger partial charge is 0.282 e. The Bertz CT molecular complexity index is 905. The molecule has 1 aliphatic carbocycles. The van der Waals surface area contributed by atoms with Gasteiger partial charge in [0.2, 0.25) is 0 Å². The van der Waals surface area contributed by atoms with Crippen molar-refractivity contribution in [3.05, 3.63) is 10.6 Å². The molecule has 170 valence electrons. The third kappa shape index (κ3) is 4.51. The highest BCUT2D eigenvalue weighted by molar-refractivity contribution is 7.86. The lowest BCUT2D eigenvalue weighted by Gasteiger charge is -2.40. The molecule has 1 aromatic rings. The Kier molecular flexibility index (Phi) is 6.40. The number of aromatic nitrogens is 3. The summed E-state index contributed by atoms with van der Waals surface area (Å²) in [4.78, 5) is 2.24. The molecule has 0 aromatic carbocycles. The first-order valence-electron chi connectivity index (χ1n) is 11.0. The maximum absolute atomic E-state index is 13.1. The molecule has 1 saturated carbocycles. The fourth-order valence-corrected chi connectivity index (χ4v) is 6.46. The lowest BCUT2D eigenvalue weighted by atomic mass is 10.2. The molecule has 2 aliphatic heterocycles. The van der Waals surface area contributed by atoms with E-state index in [0.29, 0.717) is 57.9 Å². The highest BCUT2D eigenvalue weighted by Crippen LogP contribution is 2.37. The molecule has 3 heterocycles. The quantitative estimate of drug-likeness (QED) is 0.605. The minimum absolute atomic E-state index is 0.0802. The van der Waals surface area contributed by atoms with Gasteiger partial charge in [0, 0.05) is 51.2 Å². The lowest BCUT2D eigenvalue weighted by molar-refractivity contribution is -0.0458. The first-order valence-corrected chi connectivity index (χ1v) is 12.8. The number of rotatable bonds is 6. The summed E-state index contributed by atoms with van der Waals surface area (Å²) >= 11 is 5.72. The highest BCUT2D eigenvalue weighted by Gasteiger charge is 2.37. The first-order chi connectivity index (χ1) is 14.2. The van der Waals surface area contributed by atoms with Gasteiger partial charge in [0.05, 0.1) is 18.9 Å². The Morgan fingerprint density at radius 3 is 2.20 bits per heavy atom. The third-order valence-corrected chi connectivity index (χ3v) is 8.41. The van der Waals surface area contributed by atoms with Crippen molar-refractivity contribution in [3.63, 3.8) is 0 Å². The first kappa shape index (κ1) is 22.3. The van der Waals surface area contributed by atoms with E-state index >= 15 is 0 Å². The monoisotopic (exact) mass is 458 g/mol. The zero-order valence-corrected chi connectivity index (χ0v) is 20.0. The van der Waals surface area contributed by atoms with E-state index in [1.54, 1.807) is 8.61 Å². The standard InChI is InChI=1S/C19H34N6O3S2/c1-14(2)18-20-24(19(29)25(18)17-5-6-17)13-21-7-9-22(10-8-21)30(26,27)23-11-15(3)28-16(4)12-23/h14-17H,5-13H2,1-4H3. The molecule has 0 radical (unpaired) electrons. The van der Waals surface area contributed by atoms with E-state index in [0.717, 1.165) is 10.6 Å². The van der Waals surface area contributed by atoms with E-state index in [1.807, 2.05) is 18.5 Å². The van der Waals surface area contributed by atoms with E-state index in [4.69, 9.17) is 22.1 Å². The van der Waals surface area contributed by atoms with Crippen molar-refractivity contribution in [2.24, 2.45) is 0 Å². The SMILES string of the molecule is CC1CN(S(=O)(=O)N2CCN(Cn3nc(C(C)C)n(C4CC4)c3=S)CC2)CC(C)O1. The van der Waals surface area contributed by atoms with Gasteiger partial charge >= 0.3 is 0 Å². The number of hydrogen-bond donors (Lipinski definition) is 0. The maximum Gasteiger partial charge on any atom is 0.282 e. The topological polar surface area (TPSA) is 75.8 Å². The molecule has 2 unspecified atom stereocenters. The molecule has 3 fully saturated rings. The summed E-state index contributed by atoms with van der Waals surface area (Å²) in [5.41, 5.74) is 0. The van der Waals surface area contributed by atoms with Gasteiger partial charge in [-0.15, -0.1) is 0 Å². The number of piperazine rings is 1. The molecule has 0 amide bonds. The molecule has 2 atom stereocenters. The Hall–Kier alpha value is -0.850. The summed E-state index contributed by atoms with van der Waals surface area (Å²) in [6.45, 7) is 11.9. The predicted molar refractivity (Wildman–Crippen MR) is 117 cm³/mol. The van der Waals surface area contributed by atoms with E-state index < -0.39 is 10.2 Å². The maximum atomic E-state index is 13.1. The van der Waals surface area contributed by atoms with Crippen LogP contribution in [0.4, 0.5) is 0 Å². The summed E-state index contributed by atoms with van der Waals surface area (Å²) in [6, 6.07) is 0.504. The Balaban J connectivity index is 1.39. The van der Waals surface area contributed by atoms with Gasteiger partial charge in [-0.1, -0.05) is 13.8 Å². The van der Waals surface area contributed by atoms with Crippen LogP contribution in [0.1, 0.15) is 58.3 Å². The van der Waals surface area contributed by atoms with Gasteiger partial charge in [-0.2, -0.15) is 22.1 Å². The van der Waals surface area contributed by atoms with E-state index in [-0.39, 0.29) is 12.2 Å². The molecular formula is C19H34N6O3S2. The van der Waals surface area contributed by atoms with E-state index in [2.05, 4.69) is 23.3 Å². The predicted octanol–water partition coefficient (Wildman–Crippen LogP) is 1.80. The third-order valence-electron chi connectivity index (χ3n) is 6.03. The molecule has 4 rings (SSSR count). The van der Waals surface area contributed by atoms with Crippen molar-refractivity contribution in [2.45, 2.75) is 71.4 Å². The molecule has 0 N–H and O–H groups in total. The summed E-state index contributed by atoms with van der Waals surface area (Å²) < 4.78 is 40.0. The molecule has 0 bridgehead atoms. The zero-order valence-electron chi connectivity index (χ0n) is 18.4. The Morgan fingerprint density at radius 1 is 1.07 bits per heavy atom. The lowest BCUT2D eigenvalue weighted by Crippen LogP contribution is -2.57. The molecule has 2 saturated heterocycles. The normalized spacial score (nSPS) is 27.8. The summed E-state index contributed by atoms with van der Waals surface area (Å²) in [7, 11) is -3.46. The minimum Gasteiger partial charge on any atom is -0.373 e. The van der Waals surface area contributed by atoms with Crippen molar-refractivity contribution < 1.29 is 13.2 Å². The van der Waals surface area contributed by atoms with E-state index in [9.17, 15) is 8.42 Å². The fraction of sp³-hybridized carbons (Fsp3) is 0.895. The van der Waals surface area contributed by atoms with Gasteiger partial charge < -0.3 is 9.30 Å². The van der Waals surface area contributed by atoms with Crippen molar-refractivity contribution in [3.8, 4) is 0 Å². The number of ether oxygens (including phenoxy) is 1. The molecule has 3 aliphatic rings. The second-order valence-corrected chi connectivity index (χ2v) is 11.4. The van der Waals surface area contributed by atoms with Crippen LogP contribution in [-0.2, 0) is 21.6 Å². The van der Waals surface area contributed by atoms with Gasteiger partial charge in [-0.3, -0.25) is 4.90 Å². The molecule has 1 aromatic heterocycles. The van der Waals surface area contributed by atoms with Gasteiger partial charge in [0.25, 0.3) is 10.2 Å². The second kappa shape index (κ2) is 8.59. The van der Waals surface area contributed by atoms with Crippen molar-refractivity contribution >= 4 is 22.4 Å². The summed E-state index contributed by atoms with van der Waals surface area (Å²) in [5, 5.41) is 4.80. The summed E-state index contributed by atoms with van der Waals surface area (Å²) in [6.07, 6.45) is 2.19. The average molecular weight is 459 g/mol. The van der Waals surface area contributed by atoms with Crippen LogP contribution in [0.5, 0.6) is 0 Å². The van der Waals surface area contributed by atoms with Crippen LogP contribution in [0.3, 0.4) is 0 Å². The van der Waals surface area contributed by atoms with Gasteiger partial charge in [-0.05, 0) is 38.9 Å². The average Bonchev–Trinajstić information content (AvgIpc) is 3.46. The largest absolute Gasteiger partial charge is 0.373 e. The fourth-order valence-electron chi connectivity index (χ4n) is 4.37. The van der Waals surface area contributed by atoms with Crippen LogP contribution < -0.4 is 0 Å². The van der Waals surface area contributed by atoms with Crippen LogP contribution in [0.25, 0.3) is 0 Å².